The SMILES string of the molecule is COC(=O)[C@@H](Nc1cc(C)c(OCCCC(C)(C)C(=O)OC)cc1C)C(C)C. The number of hydrogen-bond acceptors (Lipinski definition) is 6. The standard InChI is InChI=1S/C22H35NO5/c1-14(2)19(20(24)26-7)23-17-12-16(4)18(13-15(17)3)28-11-9-10-22(5,6)21(25)27-8/h12-14,19,23H,9-11H2,1-8H3/t19-/m0/s1. The third kappa shape index (κ3) is 6.43. The number of nitrogens with one attached hydrogen (secondary N) is 1. The Hall–Kier alpha value is -2.24. The molecular weight excluding hydrogens is 358 g/mol. The predicted octanol–water partition coefficient (Wildman–Crippen LogP) is 4.27. The Kier molecular flexibility index (Phi) is 8.79. The molecule has 0 fully saturated rings. The van der Waals surface area contributed by atoms with E-state index in [1.807, 2.05) is 53.7 Å². The number of esters is 2. The van der Waals surface area contributed by atoms with Crippen molar-refractivity contribution in [2.75, 3.05) is 26.1 Å². The van der Waals surface area contributed by atoms with Gasteiger partial charge >= 0.3 is 11.9 Å². The van der Waals surface area contributed by atoms with E-state index in [0.29, 0.717) is 13.0 Å². The minimum absolute atomic E-state index is 0.0984. The fourth-order valence-electron chi connectivity index (χ4n) is 2.97. The molecule has 0 aliphatic carbocycles. The molecule has 0 saturated heterocycles. The lowest BCUT2D eigenvalue weighted by Crippen LogP contribution is -2.35. The first-order valence-electron chi connectivity index (χ1n) is 9.70. The molecule has 1 N–H and O–H groups in total. The Morgan fingerprint density at radius 2 is 1.71 bits per heavy atom. The predicted molar refractivity (Wildman–Crippen MR) is 111 cm³/mol. The highest BCUT2D eigenvalue weighted by atomic mass is 16.5. The zero-order chi connectivity index (χ0) is 21.5. The number of carbonyl (C=O) groups excluding carboxylic acids is 2. The Bertz CT molecular complexity index is 682. The minimum atomic E-state index is -0.517. The van der Waals surface area contributed by atoms with Crippen molar-refractivity contribution in [3.63, 3.8) is 0 Å². The Balaban J connectivity index is 2.76. The molecule has 1 aromatic carbocycles. The van der Waals surface area contributed by atoms with Gasteiger partial charge in [0.15, 0.2) is 0 Å². The van der Waals surface area contributed by atoms with E-state index in [9.17, 15) is 9.59 Å². The molecule has 0 unspecified atom stereocenters. The van der Waals surface area contributed by atoms with Gasteiger partial charge in [-0.2, -0.15) is 0 Å². The van der Waals surface area contributed by atoms with E-state index in [-0.39, 0.29) is 17.9 Å². The molecule has 0 heterocycles. The van der Waals surface area contributed by atoms with Crippen molar-refractivity contribution in [2.45, 2.75) is 60.4 Å². The summed E-state index contributed by atoms with van der Waals surface area (Å²) >= 11 is 0. The number of rotatable bonds is 10. The second-order valence-corrected chi connectivity index (χ2v) is 8.15. The van der Waals surface area contributed by atoms with Gasteiger partial charge in [0.1, 0.15) is 11.8 Å². The molecule has 0 spiro atoms. The summed E-state index contributed by atoms with van der Waals surface area (Å²) in [4.78, 5) is 23.7. The van der Waals surface area contributed by atoms with Gasteiger partial charge in [0.2, 0.25) is 0 Å². The highest BCUT2D eigenvalue weighted by molar-refractivity contribution is 5.80. The summed E-state index contributed by atoms with van der Waals surface area (Å²) in [5, 5.41) is 3.29. The molecule has 0 saturated carbocycles. The minimum Gasteiger partial charge on any atom is -0.493 e. The van der Waals surface area contributed by atoms with Gasteiger partial charge in [0, 0.05) is 5.69 Å². The van der Waals surface area contributed by atoms with Crippen LogP contribution in [0.1, 0.15) is 51.7 Å². The highest BCUT2D eigenvalue weighted by Crippen LogP contribution is 2.29. The van der Waals surface area contributed by atoms with Gasteiger partial charge in [0.25, 0.3) is 0 Å². The van der Waals surface area contributed by atoms with Crippen molar-refractivity contribution in [2.24, 2.45) is 11.3 Å². The van der Waals surface area contributed by atoms with Gasteiger partial charge in [0.05, 0.1) is 26.2 Å². The molecular formula is C22H35NO5. The molecule has 28 heavy (non-hydrogen) atoms. The monoisotopic (exact) mass is 393 g/mol. The average Bonchev–Trinajstić information content (AvgIpc) is 2.64. The van der Waals surface area contributed by atoms with E-state index in [0.717, 1.165) is 29.0 Å². The summed E-state index contributed by atoms with van der Waals surface area (Å²) in [5.74, 6) is 0.417. The van der Waals surface area contributed by atoms with Gasteiger partial charge in [-0.1, -0.05) is 13.8 Å². The summed E-state index contributed by atoms with van der Waals surface area (Å²) in [6, 6.07) is 3.55. The summed E-state index contributed by atoms with van der Waals surface area (Å²) in [6.45, 7) is 12.2. The molecule has 0 radical (unpaired) electrons. The molecule has 6 nitrogen and oxygen atoms in total. The number of carbonyl (C=O) groups is 2. The second-order valence-electron chi connectivity index (χ2n) is 8.15. The van der Waals surface area contributed by atoms with Crippen LogP contribution in [-0.2, 0) is 19.1 Å². The first-order chi connectivity index (χ1) is 13.0. The Morgan fingerprint density at radius 3 is 2.25 bits per heavy atom. The fraction of sp³-hybridized carbons (Fsp3) is 0.636. The summed E-state index contributed by atoms with van der Waals surface area (Å²) < 4.78 is 15.7. The third-order valence-corrected chi connectivity index (χ3v) is 4.90. The van der Waals surface area contributed by atoms with Gasteiger partial charge in [-0.25, -0.2) is 4.79 Å². The number of anilines is 1. The van der Waals surface area contributed by atoms with E-state index in [4.69, 9.17) is 14.2 Å². The number of benzene rings is 1. The van der Waals surface area contributed by atoms with Crippen LogP contribution in [0.5, 0.6) is 5.75 Å². The smallest absolute Gasteiger partial charge is 0.328 e. The van der Waals surface area contributed by atoms with Crippen LogP contribution in [0.2, 0.25) is 0 Å². The van der Waals surface area contributed by atoms with E-state index < -0.39 is 11.5 Å². The fourth-order valence-corrected chi connectivity index (χ4v) is 2.97. The van der Waals surface area contributed by atoms with E-state index in [1.165, 1.54) is 14.2 Å². The molecule has 0 amide bonds. The third-order valence-electron chi connectivity index (χ3n) is 4.90. The number of hydrogen-bond donors (Lipinski definition) is 1. The molecule has 6 heteroatoms. The van der Waals surface area contributed by atoms with E-state index in [1.54, 1.807) is 0 Å². The van der Waals surface area contributed by atoms with Crippen molar-refractivity contribution < 1.29 is 23.8 Å². The molecule has 158 valence electrons. The van der Waals surface area contributed by atoms with Crippen molar-refractivity contribution in [1.29, 1.82) is 0 Å². The normalized spacial score (nSPS) is 12.5. The summed E-state index contributed by atoms with van der Waals surface area (Å²) in [5.41, 5.74) is 2.34. The van der Waals surface area contributed by atoms with Crippen LogP contribution in [-0.4, -0.2) is 38.8 Å². The maximum atomic E-state index is 12.0. The lowest BCUT2D eigenvalue weighted by Gasteiger charge is -2.23. The van der Waals surface area contributed by atoms with Crippen molar-refractivity contribution in [3.8, 4) is 5.75 Å². The molecule has 0 aliphatic heterocycles. The topological polar surface area (TPSA) is 73.9 Å². The van der Waals surface area contributed by atoms with Gasteiger partial charge in [-0.3, -0.25) is 4.79 Å². The maximum Gasteiger partial charge on any atom is 0.328 e. The van der Waals surface area contributed by atoms with Crippen LogP contribution in [0.15, 0.2) is 12.1 Å². The summed E-state index contributed by atoms with van der Waals surface area (Å²) in [6.07, 6.45) is 1.44. The Morgan fingerprint density at radius 1 is 1.07 bits per heavy atom. The molecule has 0 aliphatic rings. The molecule has 0 bridgehead atoms. The zero-order valence-electron chi connectivity index (χ0n) is 18.5. The van der Waals surface area contributed by atoms with Crippen LogP contribution in [0, 0.1) is 25.2 Å². The lowest BCUT2D eigenvalue weighted by atomic mass is 9.88. The van der Waals surface area contributed by atoms with Crippen LogP contribution >= 0.6 is 0 Å². The lowest BCUT2D eigenvalue weighted by molar-refractivity contribution is -0.151. The van der Waals surface area contributed by atoms with E-state index >= 15 is 0 Å². The Labute approximate surface area is 168 Å². The van der Waals surface area contributed by atoms with Crippen molar-refractivity contribution in [3.05, 3.63) is 23.3 Å². The molecule has 1 atom stereocenters. The van der Waals surface area contributed by atoms with Gasteiger partial charge in [-0.15, -0.1) is 0 Å². The first kappa shape index (κ1) is 23.8. The maximum absolute atomic E-state index is 12.0. The number of aryl methyl sites for hydroxylation is 2. The van der Waals surface area contributed by atoms with Crippen LogP contribution < -0.4 is 10.1 Å². The van der Waals surface area contributed by atoms with Crippen molar-refractivity contribution >= 4 is 17.6 Å². The average molecular weight is 394 g/mol. The quantitative estimate of drug-likeness (QED) is 0.473. The largest absolute Gasteiger partial charge is 0.493 e. The zero-order valence-corrected chi connectivity index (χ0v) is 18.5. The highest BCUT2D eigenvalue weighted by Gasteiger charge is 2.28. The molecule has 1 rings (SSSR count). The molecule has 1 aromatic rings. The van der Waals surface area contributed by atoms with E-state index in [2.05, 4.69) is 5.32 Å². The summed E-state index contributed by atoms with van der Waals surface area (Å²) in [7, 11) is 2.81. The second kappa shape index (κ2) is 10.3. The van der Waals surface area contributed by atoms with Gasteiger partial charge in [-0.05, 0) is 69.7 Å². The number of methoxy groups -OCH3 is 2. The first-order valence-corrected chi connectivity index (χ1v) is 9.70. The van der Waals surface area contributed by atoms with Gasteiger partial charge < -0.3 is 19.5 Å². The van der Waals surface area contributed by atoms with Crippen LogP contribution in [0.4, 0.5) is 5.69 Å². The van der Waals surface area contributed by atoms with Crippen LogP contribution in [0.25, 0.3) is 0 Å². The van der Waals surface area contributed by atoms with Crippen molar-refractivity contribution in [1.82, 2.24) is 0 Å². The van der Waals surface area contributed by atoms with Crippen LogP contribution in [0.3, 0.4) is 0 Å². The molecule has 0 aromatic heterocycles. The number of ether oxygens (including phenoxy) is 3.